The van der Waals surface area contributed by atoms with Crippen LogP contribution in [-0.2, 0) is 4.79 Å². The fourth-order valence-electron chi connectivity index (χ4n) is 2.55. The molecule has 1 aromatic carbocycles. The van der Waals surface area contributed by atoms with Gasteiger partial charge in [-0.05, 0) is 43.9 Å². The number of carbonyl (C=O) groups excluding carboxylic acids is 1. The van der Waals surface area contributed by atoms with Gasteiger partial charge in [0.1, 0.15) is 0 Å². The molecule has 1 fully saturated rings. The normalized spacial score (nSPS) is 16.9. The Labute approximate surface area is 143 Å². The molecule has 0 spiro atoms. The predicted molar refractivity (Wildman–Crippen MR) is 86.9 cm³/mol. The zero-order valence-corrected chi connectivity index (χ0v) is 14.0. The van der Waals surface area contributed by atoms with E-state index >= 15 is 0 Å². The summed E-state index contributed by atoms with van der Waals surface area (Å²) in [4.78, 5) is 11.9. The number of nitrogens with one attached hydrogen (secondary N) is 1. The molecule has 7 nitrogen and oxygen atoms in total. The zero-order chi connectivity index (χ0) is 16.5. The van der Waals surface area contributed by atoms with Crippen LogP contribution in [0.15, 0.2) is 27.8 Å². The lowest BCUT2D eigenvalue weighted by Crippen LogP contribution is -2.35. The summed E-state index contributed by atoms with van der Waals surface area (Å²) in [6.07, 6.45) is 2.41. The van der Waals surface area contributed by atoms with Crippen LogP contribution in [0.4, 0.5) is 0 Å². The van der Waals surface area contributed by atoms with Gasteiger partial charge in [0.25, 0.3) is 5.22 Å². The van der Waals surface area contributed by atoms with Crippen molar-refractivity contribution in [2.45, 2.75) is 31.0 Å². The van der Waals surface area contributed by atoms with E-state index in [-0.39, 0.29) is 24.5 Å². The Hall–Kier alpha value is -2.22. The van der Waals surface area contributed by atoms with Crippen LogP contribution in [0.2, 0.25) is 0 Å². The summed E-state index contributed by atoms with van der Waals surface area (Å²) in [5, 5.41) is 11.4. The minimum atomic E-state index is -0.0118. The van der Waals surface area contributed by atoms with Crippen molar-refractivity contribution in [3.05, 3.63) is 18.2 Å². The van der Waals surface area contributed by atoms with Gasteiger partial charge in [0, 0.05) is 11.6 Å². The van der Waals surface area contributed by atoms with E-state index in [0.29, 0.717) is 28.5 Å². The molecule has 1 N–H and O–H groups in total. The van der Waals surface area contributed by atoms with Crippen LogP contribution in [0.1, 0.15) is 19.8 Å². The Bertz CT molecular complexity index is 760. The number of amides is 1. The average molecular weight is 347 g/mol. The number of benzene rings is 1. The first-order chi connectivity index (χ1) is 11.7. The quantitative estimate of drug-likeness (QED) is 0.803. The van der Waals surface area contributed by atoms with Crippen LogP contribution in [0.3, 0.4) is 0 Å². The third-order valence-corrected chi connectivity index (χ3v) is 4.89. The van der Waals surface area contributed by atoms with Gasteiger partial charge in [0.05, 0.1) is 5.75 Å². The first-order valence-electron chi connectivity index (χ1n) is 7.85. The minimum absolute atomic E-state index is 0.0118. The van der Waals surface area contributed by atoms with Crippen molar-refractivity contribution in [2.75, 3.05) is 12.5 Å². The lowest BCUT2D eigenvalue weighted by molar-refractivity contribution is -0.119. The molecule has 0 saturated heterocycles. The summed E-state index contributed by atoms with van der Waals surface area (Å²) in [5.74, 6) is 2.65. The van der Waals surface area contributed by atoms with Crippen molar-refractivity contribution < 1.29 is 18.7 Å². The highest BCUT2D eigenvalue weighted by Crippen LogP contribution is 2.36. The van der Waals surface area contributed by atoms with E-state index in [1.54, 1.807) is 12.1 Å². The Kier molecular flexibility index (Phi) is 4.05. The first-order valence-corrected chi connectivity index (χ1v) is 8.83. The lowest BCUT2D eigenvalue weighted by Gasteiger charge is -2.11. The second kappa shape index (κ2) is 6.35. The highest BCUT2D eigenvalue weighted by molar-refractivity contribution is 7.99. The first kappa shape index (κ1) is 15.3. The van der Waals surface area contributed by atoms with E-state index in [0.717, 1.165) is 5.56 Å². The molecule has 1 aliphatic carbocycles. The number of rotatable bonds is 6. The summed E-state index contributed by atoms with van der Waals surface area (Å²) in [6.45, 7) is 2.27. The highest BCUT2D eigenvalue weighted by Gasteiger charge is 2.28. The standard InChI is InChI=1S/C16H17N3O4S/c1-9(10-2-3-10)17-14(20)7-24-16-19-18-15(23-16)11-4-5-12-13(6-11)22-8-21-12/h4-6,9-10H,2-3,7-8H2,1H3,(H,17,20). The second-order valence-electron chi connectivity index (χ2n) is 5.92. The Balaban J connectivity index is 1.35. The lowest BCUT2D eigenvalue weighted by atomic mass is 10.2. The summed E-state index contributed by atoms with van der Waals surface area (Å²) >= 11 is 1.24. The molecule has 8 heteroatoms. The minimum Gasteiger partial charge on any atom is -0.454 e. The van der Waals surface area contributed by atoms with E-state index in [1.807, 2.05) is 13.0 Å². The molecule has 0 bridgehead atoms. The maximum atomic E-state index is 11.9. The van der Waals surface area contributed by atoms with Gasteiger partial charge in [-0.1, -0.05) is 11.8 Å². The van der Waals surface area contributed by atoms with Gasteiger partial charge >= 0.3 is 0 Å². The van der Waals surface area contributed by atoms with Gasteiger partial charge < -0.3 is 19.2 Å². The van der Waals surface area contributed by atoms with E-state index in [9.17, 15) is 4.79 Å². The fraction of sp³-hybridized carbons (Fsp3) is 0.438. The number of ether oxygens (including phenoxy) is 2. The molecule has 4 rings (SSSR count). The molecular weight excluding hydrogens is 330 g/mol. The molecule has 2 aromatic rings. The third-order valence-electron chi connectivity index (χ3n) is 4.07. The Morgan fingerprint density at radius 2 is 2.17 bits per heavy atom. The number of hydrogen-bond donors (Lipinski definition) is 1. The van der Waals surface area contributed by atoms with Crippen molar-refractivity contribution in [2.24, 2.45) is 5.92 Å². The van der Waals surface area contributed by atoms with E-state index in [4.69, 9.17) is 13.9 Å². The monoisotopic (exact) mass is 347 g/mol. The van der Waals surface area contributed by atoms with E-state index in [1.165, 1.54) is 24.6 Å². The SMILES string of the molecule is CC(NC(=O)CSc1nnc(-c2ccc3c(c2)OCO3)o1)C1CC1. The molecule has 1 aliphatic heterocycles. The zero-order valence-electron chi connectivity index (χ0n) is 13.2. The summed E-state index contributed by atoms with van der Waals surface area (Å²) in [6, 6.07) is 5.68. The summed E-state index contributed by atoms with van der Waals surface area (Å²) in [7, 11) is 0. The molecule has 1 saturated carbocycles. The smallest absolute Gasteiger partial charge is 0.277 e. The topological polar surface area (TPSA) is 86.5 Å². The van der Waals surface area contributed by atoms with Gasteiger partial charge in [-0.25, -0.2) is 0 Å². The summed E-state index contributed by atoms with van der Waals surface area (Å²) < 4.78 is 16.2. The van der Waals surface area contributed by atoms with Crippen LogP contribution in [0.25, 0.3) is 11.5 Å². The van der Waals surface area contributed by atoms with E-state index in [2.05, 4.69) is 15.5 Å². The van der Waals surface area contributed by atoms with Gasteiger partial charge in [0.15, 0.2) is 11.5 Å². The second-order valence-corrected chi connectivity index (χ2v) is 6.85. The van der Waals surface area contributed by atoms with Crippen LogP contribution >= 0.6 is 11.8 Å². The Morgan fingerprint density at radius 3 is 3.00 bits per heavy atom. The molecule has 126 valence electrons. The molecule has 1 aromatic heterocycles. The number of hydrogen-bond acceptors (Lipinski definition) is 7. The molecule has 1 amide bonds. The maximum absolute atomic E-state index is 11.9. The maximum Gasteiger partial charge on any atom is 0.277 e. The molecule has 1 atom stereocenters. The molecule has 0 radical (unpaired) electrons. The fourth-order valence-corrected chi connectivity index (χ4v) is 3.13. The van der Waals surface area contributed by atoms with Crippen molar-refractivity contribution >= 4 is 17.7 Å². The molecule has 2 heterocycles. The van der Waals surface area contributed by atoms with Crippen LogP contribution < -0.4 is 14.8 Å². The number of aromatic nitrogens is 2. The largest absolute Gasteiger partial charge is 0.454 e. The Morgan fingerprint density at radius 1 is 1.33 bits per heavy atom. The van der Waals surface area contributed by atoms with Crippen molar-refractivity contribution in [1.29, 1.82) is 0 Å². The van der Waals surface area contributed by atoms with Crippen molar-refractivity contribution in [3.8, 4) is 23.0 Å². The molecule has 2 aliphatic rings. The number of thioether (sulfide) groups is 1. The molecular formula is C16H17N3O4S. The number of nitrogens with zero attached hydrogens (tertiary/aromatic N) is 2. The van der Waals surface area contributed by atoms with Crippen LogP contribution in [0.5, 0.6) is 11.5 Å². The average Bonchev–Trinajstić information content (AvgIpc) is 3.15. The van der Waals surface area contributed by atoms with Gasteiger partial charge in [-0.15, -0.1) is 10.2 Å². The van der Waals surface area contributed by atoms with Crippen molar-refractivity contribution in [1.82, 2.24) is 15.5 Å². The van der Waals surface area contributed by atoms with Gasteiger partial charge in [-0.3, -0.25) is 4.79 Å². The van der Waals surface area contributed by atoms with Crippen LogP contribution in [-0.4, -0.2) is 34.7 Å². The molecule has 1 unspecified atom stereocenters. The van der Waals surface area contributed by atoms with Gasteiger partial charge in [0.2, 0.25) is 18.6 Å². The molecule has 24 heavy (non-hydrogen) atoms. The number of fused-ring (bicyclic) bond motifs is 1. The van der Waals surface area contributed by atoms with Crippen LogP contribution in [0, 0.1) is 5.92 Å². The summed E-state index contributed by atoms with van der Waals surface area (Å²) in [5.41, 5.74) is 0.755. The van der Waals surface area contributed by atoms with Crippen molar-refractivity contribution in [3.63, 3.8) is 0 Å². The highest BCUT2D eigenvalue weighted by atomic mass is 32.2. The third kappa shape index (κ3) is 3.33. The van der Waals surface area contributed by atoms with E-state index < -0.39 is 0 Å². The predicted octanol–water partition coefficient (Wildman–Crippen LogP) is 2.47. The number of carbonyl (C=O) groups is 1. The van der Waals surface area contributed by atoms with Gasteiger partial charge in [-0.2, -0.15) is 0 Å².